The zero-order chi connectivity index (χ0) is 20.4. The molecule has 3 rings (SSSR count). The minimum atomic E-state index is -0.179. The van der Waals surface area contributed by atoms with E-state index >= 15 is 0 Å². The molecule has 0 N–H and O–H groups in total. The summed E-state index contributed by atoms with van der Waals surface area (Å²) >= 11 is 17.8. The van der Waals surface area contributed by atoms with Crippen molar-refractivity contribution in [1.82, 2.24) is 9.80 Å². The summed E-state index contributed by atoms with van der Waals surface area (Å²) in [4.78, 5) is 15.4. The molecular formula is C20H18Cl2N2O3S. The highest BCUT2D eigenvalue weighted by molar-refractivity contribution is 7.80. The van der Waals surface area contributed by atoms with Gasteiger partial charge in [0.2, 0.25) is 0 Å². The van der Waals surface area contributed by atoms with Crippen LogP contribution in [-0.2, 0) is 11.4 Å². The van der Waals surface area contributed by atoms with Crippen LogP contribution in [0.25, 0.3) is 6.08 Å². The fraction of sp³-hybridized carbons (Fsp3) is 0.200. The predicted molar refractivity (Wildman–Crippen MR) is 115 cm³/mol. The van der Waals surface area contributed by atoms with Crippen molar-refractivity contribution in [3.05, 3.63) is 63.3 Å². The average molecular weight is 437 g/mol. The molecule has 28 heavy (non-hydrogen) atoms. The van der Waals surface area contributed by atoms with Gasteiger partial charge in [-0.2, -0.15) is 0 Å². The molecule has 0 radical (unpaired) electrons. The molecule has 146 valence electrons. The Hall–Kier alpha value is -2.28. The standard InChI is InChI=1S/C20H18Cl2N2O3S/c1-23-16(19(25)24(2)20(23)28)9-12-8-15(22)18(17(10-12)26-3)27-11-13-6-4-5-7-14(13)21/h4-10H,11H2,1-3H3/b16-9-. The number of hydrogen-bond donors (Lipinski definition) is 0. The molecule has 0 saturated carbocycles. The molecule has 5 nitrogen and oxygen atoms in total. The molecule has 0 aromatic heterocycles. The van der Waals surface area contributed by atoms with Gasteiger partial charge in [-0.25, -0.2) is 0 Å². The number of carbonyl (C=O) groups is 1. The first-order valence-corrected chi connectivity index (χ1v) is 9.51. The summed E-state index contributed by atoms with van der Waals surface area (Å²) in [6.45, 7) is 0.247. The van der Waals surface area contributed by atoms with Crippen LogP contribution in [0.1, 0.15) is 11.1 Å². The molecule has 2 aromatic rings. The highest BCUT2D eigenvalue weighted by Gasteiger charge is 2.32. The molecular weight excluding hydrogens is 419 g/mol. The molecule has 0 bridgehead atoms. The number of likely N-dealkylation sites (N-methyl/N-ethyl adjacent to an activating group) is 2. The molecule has 1 fully saturated rings. The van der Waals surface area contributed by atoms with Gasteiger partial charge in [0.05, 0.1) is 12.1 Å². The maximum absolute atomic E-state index is 12.4. The molecule has 0 atom stereocenters. The van der Waals surface area contributed by atoms with Crippen molar-refractivity contribution in [1.29, 1.82) is 0 Å². The van der Waals surface area contributed by atoms with Crippen molar-refractivity contribution in [3.63, 3.8) is 0 Å². The molecule has 1 saturated heterocycles. The van der Waals surface area contributed by atoms with Gasteiger partial charge in [0.1, 0.15) is 12.3 Å². The monoisotopic (exact) mass is 436 g/mol. The second-order valence-electron chi connectivity index (χ2n) is 6.15. The van der Waals surface area contributed by atoms with E-state index in [4.69, 9.17) is 44.9 Å². The number of ether oxygens (including phenoxy) is 2. The number of halogens is 2. The maximum Gasteiger partial charge on any atom is 0.276 e. The van der Waals surface area contributed by atoms with E-state index in [0.717, 1.165) is 5.56 Å². The van der Waals surface area contributed by atoms with Crippen LogP contribution in [0.2, 0.25) is 10.0 Å². The van der Waals surface area contributed by atoms with Crippen molar-refractivity contribution in [2.75, 3.05) is 21.2 Å². The lowest BCUT2D eigenvalue weighted by Crippen LogP contribution is -2.26. The zero-order valence-corrected chi connectivity index (χ0v) is 17.9. The summed E-state index contributed by atoms with van der Waals surface area (Å²) in [7, 11) is 4.91. The van der Waals surface area contributed by atoms with E-state index in [1.165, 1.54) is 12.0 Å². The molecule has 1 aliphatic heterocycles. The third-order valence-electron chi connectivity index (χ3n) is 4.34. The van der Waals surface area contributed by atoms with Crippen LogP contribution in [0, 0.1) is 0 Å². The van der Waals surface area contributed by atoms with Crippen LogP contribution in [0.15, 0.2) is 42.1 Å². The Balaban J connectivity index is 1.90. The van der Waals surface area contributed by atoms with Gasteiger partial charge >= 0.3 is 0 Å². The Labute approximate surface area is 179 Å². The largest absolute Gasteiger partial charge is 0.493 e. The highest BCUT2D eigenvalue weighted by Crippen LogP contribution is 2.38. The zero-order valence-electron chi connectivity index (χ0n) is 15.5. The lowest BCUT2D eigenvalue weighted by Gasteiger charge is -2.15. The van der Waals surface area contributed by atoms with Crippen molar-refractivity contribution in [3.8, 4) is 11.5 Å². The fourth-order valence-corrected chi connectivity index (χ4v) is 3.42. The van der Waals surface area contributed by atoms with Gasteiger partial charge in [-0.15, -0.1) is 0 Å². The molecule has 0 unspecified atom stereocenters. The summed E-state index contributed by atoms with van der Waals surface area (Å²) in [6.07, 6.45) is 1.71. The van der Waals surface area contributed by atoms with Crippen LogP contribution < -0.4 is 9.47 Å². The van der Waals surface area contributed by atoms with Crippen LogP contribution >= 0.6 is 35.4 Å². The first kappa shape index (κ1) is 20.5. The van der Waals surface area contributed by atoms with Crippen LogP contribution in [-0.4, -0.2) is 42.0 Å². The Kier molecular flexibility index (Phi) is 6.13. The normalized spacial score (nSPS) is 15.5. The Morgan fingerprint density at radius 3 is 2.43 bits per heavy atom. The van der Waals surface area contributed by atoms with Gasteiger partial charge in [-0.3, -0.25) is 9.69 Å². The van der Waals surface area contributed by atoms with Crippen LogP contribution in [0.5, 0.6) is 11.5 Å². The molecule has 1 aliphatic rings. The average Bonchev–Trinajstić information content (AvgIpc) is 2.86. The Bertz CT molecular complexity index is 978. The molecule has 1 amide bonds. The van der Waals surface area contributed by atoms with Crippen molar-refractivity contribution >= 4 is 52.5 Å². The predicted octanol–water partition coefficient (Wildman–Crippen LogP) is 4.61. The third kappa shape index (κ3) is 3.94. The van der Waals surface area contributed by atoms with Gasteiger partial charge in [0.25, 0.3) is 5.91 Å². The summed E-state index contributed by atoms with van der Waals surface area (Å²) in [5.41, 5.74) is 1.99. The topological polar surface area (TPSA) is 42.0 Å². The second-order valence-corrected chi connectivity index (χ2v) is 7.33. The van der Waals surface area contributed by atoms with E-state index in [0.29, 0.717) is 37.9 Å². The van der Waals surface area contributed by atoms with E-state index in [1.807, 2.05) is 18.2 Å². The lowest BCUT2D eigenvalue weighted by atomic mass is 10.1. The number of carbonyl (C=O) groups excluding carboxylic acids is 1. The number of thiocarbonyl (C=S) groups is 1. The number of nitrogens with zero attached hydrogens (tertiary/aromatic N) is 2. The minimum absolute atomic E-state index is 0.179. The van der Waals surface area contributed by atoms with Crippen LogP contribution in [0.4, 0.5) is 0 Å². The van der Waals surface area contributed by atoms with E-state index in [1.54, 1.807) is 43.3 Å². The molecule has 0 aliphatic carbocycles. The van der Waals surface area contributed by atoms with Crippen molar-refractivity contribution in [2.24, 2.45) is 0 Å². The molecule has 8 heteroatoms. The second kappa shape index (κ2) is 8.39. The van der Waals surface area contributed by atoms with E-state index in [2.05, 4.69) is 0 Å². The molecule has 2 aromatic carbocycles. The number of benzene rings is 2. The summed E-state index contributed by atoms with van der Waals surface area (Å²) < 4.78 is 11.3. The number of amides is 1. The third-order valence-corrected chi connectivity index (χ3v) is 5.54. The fourth-order valence-electron chi connectivity index (χ4n) is 2.78. The SMILES string of the molecule is COc1cc(/C=C2/C(=O)N(C)C(=S)N2C)cc(Cl)c1OCc1ccccc1Cl. The maximum atomic E-state index is 12.4. The van der Waals surface area contributed by atoms with E-state index in [-0.39, 0.29) is 12.5 Å². The molecule has 0 spiro atoms. The van der Waals surface area contributed by atoms with Gasteiger partial charge in [-0.1, -0.05) is 41.4 Å². The van der Waals surface area contributed by atoms with Gasteiger partial charge in [-0.05, 0) is 42.1 Å². The summed E-state index contributed by atoms with van der Waals surface area (Å²) in [5, 5.41) is 1.41. The lowest BCUT2D eigenvalue weighted by molar-refractivity contribution is -0.121. The van der Waals surface area contributed by atoms with Crippen molar-refractivity contribution < 1.29 is 14.3 Å². The minimum Gasteiger partial charge on any atom is -0.493 e. The van der Waals surface area contributed by atoms with Crippen LogP contribution in [0.3, 0.4) is 0 Å². The highest BCUT2D eigenvalue weighted by atomic mass is 35.5. The Morgan fingerprint density at radius 1 is 1.11 bits per heavy atom. The first-order chi connectivity index (χ1) is 13.3. The van der Waals surface area contributed by atoms with Gasteiger partial charge < -0.3 is 14.4 Å². The smallest absolute Gasteiger partial charge is 0.276 e. The van der Waals surface area contributed by atoms with E-state index in [9.17, 15) is 4.79 Å². The Morgan fingerprint density at radius 2 is 1.82 bits per heavy atom. The number of rotatable bonds is 5. The van der Waals surface area contributed by atoms with Crippen molar-refractivity contribution in [2.45, 2.75) is 6.61 Å². The number of methoxy groups -OCH3 is 1. The van der Waals surface area contributed by atoms with Gasteiger partial charge in [0.15, 0.2) is 16.6 Å². The van der Waals surface area contributed by atoms with E-state index < -0.39 is 0 Å². The first-order valence-electron chi connectivity index (χ1n) is 8.34. The quantitative estimate of drug-likeness (QED) is 0.505. The summed E-state index contributed by atoms with van der Waals surface area (Å²) in [5.74, 6) is 0.682. The number of hydrogen-bond acceptors (Lipinski definition) is 4. The summed E-state index contributed by atoms with van der Waals surface area (Å²) in [6, 6.07) is 10.9. The molecule has 1 heterocycles. The van der Waals surface area contributed by atoms with Gasteiger partial charge in [0, 0.05) is 24.7 Å².